The molecule has 0 aliphatic carbocycles. The quantitative estimate of drug-likeness (QED) is 0.658. The van der Waals surface area contributed by atoms with Gasteiger partial charge in [0, 0.05) is 19.5 Å². The summed E-state index contributed by atoms with van der Waals surface area (Å²) in [4.78, 5) is 2.49. The van der Waals surface area contributed by atoms with Crippen LogP contribution in [0, 0.1) is 17.8 Å². The van der Waals surface area contributed by atoms with Crippen LogP contribution in [-0.2, 0) is 0 Å². The number of likely N-dealkylation sites (tertiary alicyclic amines) is 1. The molecule has 1 saturated heterocycles. The van der Waals surface area contributed by atoms with Crippen molar-refractivity contribution in [2.24, 2.45) is 11.7 Å². The van der Waals surface area contributed by atoms with Crippen LogP contribution >= 0.6 is 0 Å². The molecule has 13 heavy (non-hydrogen) atoms. The van der Waals surface area contributed by atoms with E-state index in [2.05, 4.69) is 16.7 Å². The van der Waals surface area contributed by atoms with Crippen molar-refractivity contribution in [1.82, 2.24) is 4.90 Å². The van der Waals surface area contributed by atoms with Crippen LogP contribution in [0.15, 0.2) is 0 Å². The zero-order chi connectivity index (χ0) is 9.52. The largest absolute Gasteiger partial charge is 0.330 e. The third-order valence-corrected chi connectivity index (χ3v) is 2.67. The number of nitrogens with zero attached hydrogens (tertiary/aromatic N) is 1. The van der Waals surface area contributed by atoms with Crippen LogP contribution in [0.2, 0.25) is 0 Å². The lowest BCUT2D eigenvalue weighted by molar-refractivity contribution is 0.182. The SMILES string of the molecule is CC#CCCN1CCCC(CN)C1. The van der Waals surface area contributed by atoms with E-state index in [0.717, 1.165) is 25.4 Å². The third-order valence-electron chi connectivity index (χ3n) is 2.67. The van der Waals surface area contributed by atoms with Crippen molar-refractivity contribution in [3.05, 3.63) is 0 Å². The molecule has 0 spiro atoms. The van der Waals surface area contributed by atoms with Gasteiger partial charge in [-0.2, -0.15) is 0 Å². The molecule has 1 unspecified atom stereocenters. The Hall–Kier alpha value is -0.520. The van der Waals surface area contributed by atoms with Gasteiger partial charge in [0.1, 0.15) is 0 Å². The molecular formula is C11H20N2. The smallest absolute Gasteiger partial charge is 0.0216 e. The van der Waals surface area contributed by atoms with Crippen LogP contribution in [-0.4, -0.2) is 31.1 Å². The maximum absolute atomic E-state index is 5.67. The van der Waals surface area contributed by atoms with Gasteiger partial charge in [-0.15, -0.1) is 11.8 Å². The highest BCUT2D eigenvalue weighted by molar-refractivity contribution is 4.95. The van der Waals surface area contributed by atoms with Crippen LogP contribution < -0.4 is 5.73 Å². The molecule has 1 aliphatic rings. The fourth-order valence-electron chi connectivity index (χ4n) is 1.89. The van der Waals surface area contributed by atoms with E-state index in [1.165, 1.54) is 25.9 Å². The summed E-state index contributed by atoms with van der Waals surface area (Å²) in [6.07, 6.45) is 3.63. The lowest BCUT2D eigenvalue weighted by atomic mass is 9.98. The highest BCUT2D eigenvalue weighted by atomic mass is 15.1. The molecule has 1 aliphatic heterocycles. The Morgan fingerprint density at radius 3 is 3.08 bits per heavy atom. The van der Waals surface area contributed by atoms with Crippen molar-refractivity contribution in [2.75, 3.05) is 26.2 Å². The molecule has 0 aromatic carbocycles. The van der Waals surface area contributed by atoms with Gasteiger partial charge < -0.3 is 10.6 Å². The van der Waals surface area contributed by atoms with Crippen molar-refractivity contribution in [2.45, 2.75) is 26.2 Å². The summed E-state index contributed by atoms with van der Waals surface area (Å²) in [7, 11) is 0. The second-order valence-electron chi connectivity index (χ2n) is 3.72. The topological polar surface area (TPSA) is 29.3 Å². The van der Waals surface area contributed by atoms with E-state index >= 15 is 0 Å². The van der Waals surface area contributed by atoms with Gasteiger partial charge in [-0.3, -0.25) is 0 Å². The predicted octanol–water partition coefficient (Wildman–Crippen LogP) is 1.07. The first-order chi connectivity index (χ1) is 6.36. The molecule has 1 atom stereocenters. The summed E-state index contributed by atoms with van der Waals surface area (Å²) in [6.45, 7) is 6.29. The number of rotatable bonds is 3. The molecule has 0 bridgehead atoms. The summed E-state index contributed by atoms with van der Waals surface area (Å²) in [5.41, 5.74) is 5.67. The van der Waals surface area contributed by atoms with Gasteiger partial charge >= 0.3 is 0 Å². The van der Waals surface area contributed by atoms with Crippen LogP contribution in [0.3, 0.4) is 0 Å². The highest BCUT2D eigenvalue weighted by Crippen LogP contribution is 2.14. The molecule has 0 aromatic rings. The molecule has 0 saturated carbocycles. The summed E-state index contributed by atoms with van der Waals surface area (Å²) in [6, 6.07) is 0. The Kier molecular flexibility index (Phi) is 4.88. The van der Waals surface area contributed by atoms with Gasteiger partial charge in [0.15, 0.2) is 0 Å². The molecule has 0 aromatic heterocycles. The van der Waals surface area contributed by atoms with Crippen molar-refractivity contribution < 1.29 is 0 Å². The predicted molar refractivity (Wildman–Crippen MR) is 56.3 cm³/mol. The second-order valence-corrected chi connectivity index (χ2v) is 3.72. The second kappa shape index (κ2) is 6.01. The summed E-state index contributed by atoms with van der Waals surface area (Å²) in [5.74, 6) is 6.76. The first-order valence-electron chi connectivity index (χ1n) is 5.19. The summed E-state index contributed by atoms with van der Waals surface area (Å²) < 4.78 is 0. The van der Waals surface area contributed by atoms with Crippen molar-refractivity contribution in [3.8, 4) is 11.8 Å². The molecule has 0 radical (unpaired) electrons. The zero-order valence-corrected chi connectivity index (χ0v) is 8.55. The lowest BCUT2D eigenvalue weighted by Gasteiger charge is -2.31. The van der Waals surface area contributed by atoms with Crippen LogP contribution in [0.1, 0.15) is 26.2 Å². The lowest BCUT2D eigenvalue weighted by Crippen LogP contribution is -2.38. The maximum atomic E-state index is 5.67. The van der Waals surface area contributed by atoms with E-state index in [9.17, 15) is 0 Å². The zero-order valence-electron chi connectivity index (χ0n) is 8.55. The number of piperidine rings is 1. The van der Waals surface area contributed by atoms with Gasteiger partial charge in [0.05, 0.1) is 0 Å². The summed E-state index contributed by atoms with van der Waals surface area (Å²) >= 11 is 0. The van der Waals surface area contributed by atoms with E-state index < -0.39 is 0 Å². The van der Waals surface area contributed by atoms with Gasteiger partial charge in [0.2, 0.25) is 0 Å². The number of hydrogen-bond acceptors (Lipinski definition) is 2. The monoisotopic (exact) mass is 180 g/mol. The summed E-state index contributed by atoms with van der Waals surface area (Å²) in [5, 5.41) is 0. The molecular weight excluding hydrogens is 160 g/mol. The Balaban J connectivity index is 2.20. The molecule has 2 N–H and O–H groups in total. The minimum atomic E-state index is 0.725. The fourth-order valence-corrected chi connectivity index (χ4v) is 1.89. The first kappa shape index (κ1) is 10.6. The molecule has 1 heterocycles. The normalized spacial score (nSPS) is 23.7. The minimum Gasteiger partial charge on any atom is -0.330 e. The van der Waals surface area contributed by atoms with E-state index in [1.54, 1.807) is 0 Å². The van der Waals surface area contributed by atoms with Crippen molar-refractivity contribution in [3.63, 3.8) is 0 Å². The molecule has 2 heteroatoms. The van der Waals surface area contributed by atoms with Crippen molar-refractivity contribution >= 4 is 0 Å². The van der Waals surface area contributed by atoms with Crippen LogP contribution in [0.4, 0.5) is 0 Å². The molecule has 1 fully saturated rings. The van der Waals surface area contributed by atoms with Gasteiger partial charge in [0.25, 0.3) is 0 Å². The Morgan fingerprint density at radius 1 is 1.54 bits per heavy atom. The first-order valence-corrected chi connectivity index (χ1v) is 5.19. The standard InChI is InChI=1S/C11H20N2/c1-2-3-4-7-13-8-5-6-11(9-12)10-13/h11H,4-10,12H2,1H3. The van der Waals surface area contributed by atoms with E-state index in [1.807, 2.05) is 6.92 Å². The Bertz CT molecular complexity index is 190. The maximum Gasteiger partial charge on any atom is 0.0216 e. The Labute approximate surface area is 81.5 Å². The third kappa shape index (κ3) is 3.80. The fraction of sp³-hybridized carbons (Fsp3) is 0.818. The highest BCUT2D eigenvalue weighted by Gasteiger charge is 2.17. The molecule has 1 rings (SSSR count). The van der Waals surface area contributed by atoms with Gasteiger partial charge in [-0.1, -0.05) is 0 Å². The van der Waals surface area contributed by atoms with Gasteiger partial charge in [-0.25, -0.2) is 0 Å². The van der Waals surface area contributed by atoms with E-state index in [-0.39, 0.29) is 0 Å². The minimum absolute atomic E-state index is 0.725. The molecule has 0 amide bonds. The van der Waals surface area contributed by atoms with E-state index in [0.29, 0.717) is 0 Å². The average Bonchev–Trinajstić information content (AvgIpc) is 2.19. The van der Waals surface area contributed by atoms with Crippen molar-refractivity contribution in [1.29, 1.82) is 0 Å². The van der Waals surface area contributed by atoms with Crippen LogP contribution in [0.5, 0.6) is 0 Å². The molecule has 2 nitrogen and oxygen atoms in total. The molecule has 74 valence electrons. The average molecular weight is 180 g/mol. The Morgan fingerprint density at radius 2 is 2.38 bits per heavy atom. The van der Waals surface area contributed by atoms with Gasteiger partial charge in [-0.05, 0) is 38.8 Å². The van der Waals surface area contributed by atoms with E-state index in [4.69, 9.17) is 5.73 Å². The number of hydrogen-bond donors (Lipinski definition) is 1. The van der Waals surface area contributed by atoms with Crippen LogP contribution in [0.25, 0.3) is 0 Å². The number of nitrogens with two attached hydrogens (primary N) is 1.